The van der Waals surface area contributed by atoms with Crippen molar-refractivity contribution in [2.75, 3.05) is 0 Å². The van der Waals surface area contributed by atoms with Crippen LogP contribution in [0.4, 0.5) is 17.6 Å². The van der Waals surface area contributed by atoms with Gasteiger partial charge in [-0.2, -0.15) is 0 Å². The van der Waals surface area contributed by atoms with Gasteiger partial charge in [-0.25, -0.2) is 17.6 Å². The summed E-state index contributed by atoms with van der Waals surface area (Å²) in [5.74, 6) is -3.86. The molecule has 0 radical (unpaired) electrons. The monoisotopic (exact) mass is 323 g/mol. The van der Waals surface area contributed by atoms with Gasteiger partial charge in [0.25, 0.3) is 0 Å². The maximum atomic E-state index is 13.9. The Morgan fingerprint density at radius 1 is 0.957 bits per heavy atom. The van der Waals surface area contributed by atoms with E-state index in [4.69, 9.17) is 4.52 Å². The highest BCUT2D eigenvalue weighted by molar-refractivity contribution is 5.73. The van der Waals surface area contributed by atoms with Crippen molar-refractivity contribution in [2.24, 2.45) is 0 Å². The van der Waals surface area contributed by atoms with Crippen LogP contribution in [-0.2, 0) is 6.61 Å². The van der Waals surface area contributed by atoms with Gasteiger partial charge in [0, 0.05) is 11.6 Å². The first-order valence-corrected chi connectivity index (χ1v) is 6.51. The fourth-order valence-corrected chi connectivity index (χ4v) is 2.28. The number of nitrogens with zero attached hydrogens (tertiary/aromatic N) is 1. The molecule has 1 N–H and O–H groups in total. The fraction of sp³-hybridized carbons (Fsp3) is 0.0625. The summed E-state index contributed by atoms with van der Waals surface area (Å²) in [6.07, 6.45) is 0. The van der Waals surface area contributed by atoms with Crippen LogP contribution in [0.15, 0.2) is 40.9 Å². The molecule has 2 aromatic carbocycles. The first-order chi connectivity index (χ1) is 11.0. The molecule has 0 atom stereocenters. The minimum absolute atomic E-state index is 0.0155. The summed E-state index contributed by atoms with van der Waals surface area (Å²) in [5.41, 5.74) is -0.687. The molecule has 1 heterocycles. The maximum absolute atomic E-state index is 13.9. The highest BCUT2D eigenvalue weighted by atomic mass is 19.1. The van der Waals surface area contributed by atoms with E-state index in [2.05, 4.69) is 5.16 Å². The van der Waals surface area contributed by atoms with Crippen molar-refractivity contribution in [1.82, 2.24) is 5.16 Å². The van der Waals surface area contributed by atoms with Crippen LogP contribution in [0.1, 0.15) is 5.56 Å². The third-order valence-corrected chi connectivity index (χ3v) is 3.27. The van der Waals surface area contributed by atoms with Gasteiger partial charge in [-0.15, -0.1) is 0 Å². The average molecular weight is 323 g/mol. The van der Waals surface area contributed by atoms with Gasteiger partial charge in [-0.05, 0) is 24.3 Å². The first-order valence-electron chi connectivity index (χ1n) is 6.51. The minimum atomic E-state index is -0.909. The molecular weight excluding hydrogens is 314 g/mol. The van der Waals surface area contributed by atoms with Crippen LogP contribution < -0.4 is 0 Å². The Balaban J connectivity index is 2.21. The van der Waals surface area contributed by atoms with E-state index in [1.165, 1.54) is 6.07 Å². The van der Waals surface area contributed by atoms with Gasteiger partial charge in [0.1, 0.15) is 29.0 Å². The molecule has 7 heteroatoms. The quantitative estimate of drug-likeness (QED) is 0.740. The van der Waals surface area contributed by atoms with E-state index in [1.807, 2.05) is 0 Å². The van der Waals surface area contributed by atoms with Crippen LogP contribution in [0.2, 0.25) is 0 Å². The molecule has 0 saturated carbocycles. The standard InChI is InChI=1S/C16H9F4NO2/c17-9-4-8(5-10(18)6-9)15-11(7-22)16(23-21-15)14-12(19)2-1-3-13(14)20/h1-6,22H,7H2. The third kappa shape index (κ3) is 2.70. The lowest BCUT2D eigenvalue weighted by molar-refractivity contribution is 0.281. The van der Waals surface area contributed by atoms with Gasteiger partial charge in [0.15, 0.2) is 5.76 Å². The zero-order valence-corrected chi connectivity index (χ0v) is 11.5. The van der Waals surface area contributed by atoms with E-state index in [-0.39, 0.29) is 22.6 Å². The first kappa shape index (κ1) is 15.2. The molecule has 0 fully saturated rings. The van der Waals surface area contributed by atoms with Crippen LogP contribution in [-0.4, -0.2) is 10.3 Å². The summed E-state index contributed by atoms with van der Waals surface area (Å²) in [6.45, 7) is -0.680. The molecule has 3 aromatic rings. The minimum Gasteiger partial charge on any atom is -0.391 e. The number of aromatic nitrogens is 1. The molecule has 0 unspecified atom stereocenters. The van der Waals surface area contributed by atoms with Crippen molar-refractivity contribution >= 4 is 0 Å². The average Bonchev–Trinajstić information content (AvgIpc) is 2.89. The van der Waals surface area contributed by atoms with Crippen LogP contribution in [0, 0.1) is 23.3 Å². The van der Waals surface area contributed by atoms with Crippen molar-refractivity contribution < 1.29 is 27.2 Å². The van der Waals surface area contributed by atoms with Crippen molar-refractivity contribution in [1.29, 1.82) is 0 Å². The smallest absolute Gasteiger partial charge is 0.178 e. The number of rotatable bonds is 3. The van der Waals surface area contributed by atoms with E-state index in [0.29, 0.717) is 6.07 Å². The molecule has 118 valence electrons. The molecule has 0 aliphatic carbocycles. The lowest BCUT2D eigenvalue weighted by Crippen LogP contribution is -1.94. The van der Waals surface area contributed by atoms with Gasteiger partial charge >= 0.3 is 0 Å². The fourth-order valence-electron chi connectivity index (χ4n) is 2.28. The lowest BCUT2D eigenvalue weighted by Gasteiger charge is -2.04. The Hall–Kier alpha value is -2.67. The van der Waals surface area contributed by atoms with Gasteiger partial charge in [-0.1, -0.05) is 11.2 Å². The molecule has 23 heavy (non-hydrogen) atoms. The lowest BCUT2D eigenvalue weighted by atomic mass is 10.0. The predicted molar refractivity (Wildman–Crippen MR) is 73.1 cm³/mol. The summed E-state index contributed by atoms with van der Waals surface area (Å²) >= 11 is 0. The second-order valence-electron chi connectivity index (χ2n) is 4.75. The van der Waals surface area contributed by atoms with Crippen LogP contribution in [0.3, 0.4) is 0 Å². The predicted octanol–water partition coefficient (Wildman–Crippen LogP) is 4.06. The summed E-state index contributed by atoms with van der Waals surface area (Å²) < 4.78 is 59.3. The van der Waals surface area contributed by atoms with Gasteiger partial charge in [0.05, 0.1) is 17.7 Å². The molecule has 0 saturated heterocycles. The maximum Gasteiger partial charge on any atom is 0.178 e. The van der Waals surface area contributed by atoms with E-state index in [0.717, 1.165) is 24.3 Å². The molecule has 0 bridgehead atoms. The summed E-state index contributed by atoms with van der Waals surface area (Å²) in [6, 6.07) is 5.82. The van der Waals surface area contributed by atoms with E-state index in [9.17, 15) is 22.7 Å². The molecule has 3 rings (SSSR count). The van der Waals surface area contributed by atoms with E-state index >= 15 is 0 Å². The number of benzene rings is 2. The topological polar surface area (TPSA) is 46.3 Å². The Morgan fingerprint density at radius 2 is 1.57 bits per heavy atom. The molecular formula is C16H9F4NO2. The van der Waals surface area contributed by atoms with E-state index < -0.39 is 35.4 Å². The number of aliphatic hydroxyl groups excluding tert-OH is 1. The van der Waals surface area contributed by atoms with Gasteiger partial charge < -0.3 is 9.63 Å². The summed E-state index contributed by atoms with van der Waals surface area (Å²) in [4.78, 5) is 0. The van der Waals surface area contributed by atoms with Crippen LogP contribution in [0.5, 0.6) is 0 Å². The number of hydrogen-bond donors (Lipinski definition) is 1. The molecule has 3 nitrogen and oxygen atoms in total. The van der Waals surface area contributed by atoms with Crippen molar-refractivity contribution in [2.45, 2.75) is 6.61 Å². The molecule has 1 aromatic heterocycles. The zero-order chi connectivity index (χ0) is 16.6. The molecule has 0 spiro atoms. The Morgan fingerprint density at radius 3 is 2.13 bits per heavy atom. The molecule has 0 amide bonds. The van der Waals surface area contributed by atoms with Gasteiger partial charge in [-0.3, -0.25) is 0 Å². The largest absolute Gasteiger partial charge is 0.391 e. The highest BCUT2D eigenvalue weighted by Gasteiger charge is 2.24. The van der Waals surface area contributed by atoms with Gasteiger partial charge in [0.2, 0.25) is 0 Å². The third-order valence-electron chi connectivity index (χ3n) is 3.27. The van der Waals surface area contributed by atoms with Crippen LogP contribution >= 0.6 is 0 Å². The number of aliphatic hydroxyl groups is 1. The van der Waals surface area contributed by atoms with Crippen molar-refractivity contribution in [3.8, 4) is 22.6 Å². The highest BCUT2D eigenvalue weighted by Crippen LogP contribution is 2.35. The Kier molecular flexibility index (Phi) is 3.87. The molecule has 0 aliphatic heterocycles. The van der Waals surface area contributed by atoms with Crippen molar-refractivity contribution in [3.63, 3.8) is 0 Å². The second kappa shape index (κ2) is 5.85. The SMILES string of the molecule is OCc1c(-c2cc(F)cc(F)c2)noc1-c1c(F)cccc1F. The van der Waals surface area contributed by atoms with Crippen molar-refractivity contribution in [3.05, 3.63) is 65.2 Å². The molecule has 0 aliphatic rings. The van der Waals surface area contributed by atoms with Crippen LogP contribution in [0.25, 0.3) is 22.6 Å². The normalized spacial score (nSPS) is 11.0. The summed E-state index contributed by atoms with van der Waals surface area (Å²) in [5, 5.41) is 13.1. The Labute approximate surface area is 127 Å². The zero-order valence-electron chi connectivity index (χ0n) is 11.5. The Bertz CT molecular complexity index is 836. The second-order valence-corrected chi connectivity index (χ2v) is 4.75. The number of halogens is 4. The van der Waals surface area contributed by atoms with E-state index in [1.54, 1.807) is 0 Å². The summed E-state index contributed by atoms with van der Waals surface area (Å²) in [7, 11) is 0. The number of hydrogen-bond acceptors (Lipinski definition) is 3.